The first kappa shape index (κ1) is 19.0. The van der Waals surface area contributed by atoms with Gasteiger partial charge in [0.25, 0.3) is 0 Å². The second-order valence-electron chi connectivity index (χ2n) is 7.56. The standard InChI is InChI=1S/C20H31N5O/c1-16(2)25-13-18(11-21-25)12-23-8-9-24(20(15-23)7-10-26)14-19-6-4-5-17(3)22-19/h4-6,11,13,16,20,26H,7-10,12,14-15H2,1-3H3/t20-/m0/s1. The highest BCUT2D eigenvalue weighted by atomic mass is 16.3. The van der Waals surface area contributed by atoms with Gasteiger partial charge in [-0.2, -0.15) is 5.10 Å². The molecule has 6 nitrogen and oxygen atoms in total. The minimum Gasteiger partial charge on any atom is -0.396 e. The number of piperazine rings is 1. The van der Waals surface area contributed by atoms with Crippen LogP contribution >= 0.6 is 0 Å². The van der Waals surface area contributed by atoms with E-state index in [1.54, 1.807) is 0 Å². The fourth-order valence-corrected chi connectivity index (χ4v) is 3.63. The number of nitrogens with zero attached hydrogens (tertiary/aromatic N) is 5. The molecule has 0 aliphatic carbocycles. The van der Waals surface area contributed by atoms with E-state index in [0.717, 1.165) is 50.5 Å². The third kappa shape index (κ3) is 4.90. The summed E-state index contributed by atoms with van der Waals surface area (Å²) in [4.78, 5) is 9.58. The molecule has 2 aromatic rings. The Bertz CT molecular complexity index is 699. The van der Waals surface area contributed by atoms with Crippen molar-refractivity contribution in [1.29, 1.82) is 0 Å². The summed E-state index contributed by atoms with van der Waals surface area (Å²) in [5.74, 6) is 0. The molecule has 0 bridgehead atoms. The highest BCUT2D eigenvalue weighted by molar-refractivity contribution is 5.10. The van der Waals surface area contributed by atoms with Gasteiger partial charge in [-0.1, -0.05) is 6.07 Å². The van der Waals surface area contributed by atoms with Crippen LogP contribution < -0.4 is 0 Å². The van der Waals surface area contributed by atoms with Gasteiger partial charge in [0, 0.05) is 68.9 Å². The maximum Gasteiger partial charge on any atom is 0.0547 e. The smallest absolute Gasteiger partial charge is 0.0547 e. The summed E-state index contributed by atoms with van der Waals surface area (Å²) in [6.07, 6.45) is 4.92. The lowest BCUT2D eigenvalue weighted by molar-refractivity contribution is 0.0491. The molecule has 1 aliphatic heterocycles. The molecule has 3 rings (SSSR count). The van der Waals surface area contributed by atoms with E-state index in [4.69, 9.17) is 0 Å². The van der Waals surface area contributed by atoms with Gasteiger partial charge < -0.3 is 5.11 Å². The number of aliphatic hydroxyl groups is 1. The summed E-state index contributed by atoms with van der Waals surface area (Å²) in [5, 5.41) is 14.0. The zero-order chi connectivity index (χ0) is 18.5. The lowest BCUT2D eigenvalue weighted by atomic mass is 10.1. The lowest BCUT2D eigenvalue weighted by Gasteiger charge is -2.41. The second kappa shape index (κ2) is 8.75. The summed E-state index contributed by atoms with van der Waals surface area (Å²) in [7, 11) is 0. The first-order chi connectivity index (χ1) is 12.5. The van der Waals surface area contributed by atoms with Crippen molar-refractivity contribution < 1.29 is 5.11 Å². The number of aromatic nitrogens is 3. The summed E-state index contributed by atoms with van der Waals surface area (Å²) in [6, 6.07) is 6.95. The zero-order valence-electron chi connectivity index (χ0n) is 16.2. The molecule has 1 fully saturated rings. The average molecular weight is 358 g/mol. The Balaban J connectivity index is 1.61. The van der Waals surface area contributed by atoms with Crippen molar-refractivity contribution in [1.82, 2.24) is 24.6 Å². The molecule has 1 saturated heterocycles. The molecule has 0 saturated carbocycles. The quantitative estimate of drug-likeness (QED) is 0.824. The minimum absolute atomic E-state index is 0.224. The van der Waals surface area contributed by atoms with Crippen LogP contribution in [-0.2, 0) is 13.1 Å². The third-order valence-electron chi connectivity index (χ3n) is 5.05. The molecule has 0 unspecified atom stereocenters. The highest BCUT2D eigenvalue weighted by Crippen LogP contribution is 2.18. The van der Waals surface area contributed by atoms with Gasteiger partial charge in [-0.05, 0) is 39.3 Å². The second-order valence-corrected chi connectivity index (χ2v) is 7.56. The molecule has 6 heteroatoms. The summed E-state index contributed by atoms with van der Waals surface area (Å²) < 4.78 is 2.01. The van der Waals surface area contributed by atoms with E-state index in [2.05, 4.69) is 52.1 Å². The van der Waals surface area contributed by atoms with Crippen LogP contribution in [0.5, 0.6) is 0 Å². The predicted molar refractivity (Wildman–Crippen MR) is 103 cm³/mol. The molecule has 0 amide bonds. The number of aryl methyl sites for hydroxylation is 1. The first-order valence-corrected chi connectivity index (χ1v) is 9.58. The molecule has 26 heavy (non-hydrogen) atoms. The monoisotopic (exact) mass is 357 g/mol. The Labute approximate surface area is 156 Å². The van der Waals surface area contributed by atoms with E-state index in [1.807, 2.05) is 23.9 Å². The Hall–Kier alpha value is -1.76. The van der Waals surface area contributed by atoms with Crippen molar-refractivity contribution >= 4 is 0 Å². The van der Waals surface area contributed by atoms with Gasteiger partial charge in [0.1, 0.15) is 0 Å². The lowest BCUT2D eigenvalue weighted by Crippen LogP contribution is -2.52. The molecule has 142 valence electrons. The minimum atomic E-state index is 0.224. The molecule has 1 aliphatic rings. The normalized spacial score (nSPS) is 19.3. The van der Waals surface area contributed by atoms with Crippen LogP contribution in [0, 0.1) is 6.92 Å². The van der Waals surface area contributed by atoms with Gasteiger partial charge in [-0.15, -0.1) is 0 Å². The van der Waals surface area contributed by atoms with Gasteiger partial charge in [-0.3, -0.25) is 19.5 Å². The van der Waals surface area contributed by atoms with Gasteiger partial charge in [0.2, 0.25) is 0 Å². The number of rotatable bonds is 7. The first-order valence-electron chi connectivity index (χ1n) is 9.58. The van der Waals surface area contributed by atoms with Gasteiger partial charge >= 0.3 is 0 Å². The molecule has 3 heterocycles. The Morgan fingerprint density at radius 2 is 2.08 bits per heavy atom. The van der Waals surface area contributed by atoms with Gasteiger partial charge in [-0.25, -0.2) is 0 Å². The summed E-state index contributed by atoms with van der Waals surface area (Å²) in [5.41, 5.74) is 3.43. The molecule has 1 N–H and O–H groups in total. The molecule has 0 spiro atoms. The van der Waals surface area contributed by atoms with Gasteiger partial charge in [0.15, 0.2) is 0 Å². The van der Waals surface area contributed by atoms with Crippen LogP contribution in [0.3, 0.4) is 0 Å². The van der Waals surface area contributed by atoms with Crippen LogP contribution in [0.25, 0.3) is 0 Å². The number of hydrogen-bond acceptors (Lipinski definition) is 5. The fraction of sp³-hybridized carbons (Fsp3) is 0.600. The van der Waals surface area contributed by atoms with Crippen LogP contribution in [0.1, 0.15) is 43.3 Å². The van der Waals surface area contributed by atoms with E-state index in [0.29, 0.717) is 12.1 Å². The van der Waals surface area contributed by atoms with E-state index in [9.17, 15) is 5.11 Å². The number of hydrogen-bond donors (Lipinski definition) is 1. The molecular weight excluding hydrogens is 326 g/mol. The van der Waals surface area contributed by atoms with E-state index in [-0.39, 0.29) is 6.61 Å². The molecular formula is C20H31N5O. The Morgan fingerprint density at radius 1 is 1.23 bits per heavy atom. The maximum atomic E-state index is 9.51. The van der Waals surface area contributed by atoms with E-state index in [1.165, 1.54) is 5.56 Å². The van der Waals surface area contributed by atoms with Crippen LogP contribution in [0.4, 0.5) is 0 Å². The van der Waals surface area contributed by atoms with Crippen LogP contribution in [0.2, 0.25) is 0 Å². The van der Waals surface area contributed by atoms with E-state index < -0.39 is 0 Å². The summed E-state index contributed by atoms with van der Waals surface area (Å²) >= 11 is 0. The average Bonchev–Trinajstić information content (AvgIpc) is 3.06. The van der Waals surface area contributed by atoms with Crippen LogP contribution in [0.15, 0.2) is 30.6 Å². The highest BCUT2D eigenvalue weighted by Gasteiger charge is 2.27. The number of aliphatic hydroxyl groups excluding tert-OH is 1. The van der Waals surface area contributed by atoms with E-state index >= 15 is 0 Å². The zero-order valence-corrected chi connectivity index (χ0v) is 16.2. The fourth-order valence-electron chi connectivity index (χ4n) is 3.63. The number of pyridine rings is 1. The Morgan fingerprint density at radius 3 is 2.77 bits per heavy atom. The predicted octanol–water partition coefficient (Wildman–Crippen LogP) is 2.24. The molecule has 1 atom stereocenters. The topological polar surface area (TPSA) is 57.4 Å². The van der Waals surface area contributed by atoms with Crippen molar-refractivity contribution in [3.05, 3.63) is 47.5 Å². The molecule has 2 aromatic heterocycles. The van der Waals surface area contributed by atoms with Crippen molar-refractivity contribution in [3.63, 3.8) is 0 Å². The molecule has 0 aromatic carbocycles. The van der Waals surface area contributed by atoms with Gasteiger partial charge in [0.05, 0.1) is 11.9 Å². The van der Waals surface area contributed by atoms with Crippen molar-refractivity contribution in [3.8, 4) is 0 Å². The SMILES string of the molecule is Cc1cccc(CN2CCN(Cc3cnn(C(C)C)c3)C[C@@H]2CCO)n1. The van der Waals surface area contributed by atoms with Crippen molar-refractivity contribution in [2.45, 2.75) is 52.4 Å². The van der Waals surface area contributed by atoms with Crippen molar-refractivity contribution in [2.24, 2.45) is 0 Å². The maximum absolute atomic E-state index is 9.51. The summed E-state index contributed by atoms with van der Waals surface area (Å²) in [6.45, 7) is 11.3. The Kier molecular flexibility index (Phi) is 6.40. The van der Waals surface area contributed by atoms with Crippen molar-refractivity contribution in [2.75, 3.05) is 26.2 Å². The largest absolute Gasteiger partial charge is 0.396 e. The third-order valence-corrected chi connectivity index (χ3v) is 5.05. The van der Waals surface area contributed by atoms with Crippen LogP contribution in [-0.4, -0.2) is 62.0 Å². The molecule has 0 radical (unpaired) electrons.